The van der Waals surface area contributed by atoms with E-state index in [-0.39, 0.29) is 23.1 Å². The fourth-order valence-electron chi connectivity index (χ4n) is 1.74. The van der Waals surface area contributed by atoms with E-state index in [9.17, 15) is 9.18 Å². The van der Waals surface area contributed by atoms with E-state index in [1.807, 2.05) is 13.0 Å². The maximum atomic E-state index is 13.3. The summed E-state index contributed by atoms with van der Waals surface area (Å²) in [5.41, 5.74) is 6.95. The van der Waals surface area contributed by atoms with Crippen LogP contribution in [0.3, 0.4) is 0 Å². The summed E-state index contributed by atoms with van der Waals surface area (Å²) in [4.78, 5) is 11.1. The summed E-state index contributed by atoms with van der Waals surface area (Å²) >= 11 is 1.57. The Hall–Kier alpha value is -1.07. The third kappa shape index (κ3) is 5.20. The minimum Gasteiger partial charge on any atom is -0.469 e. The molecule has 0 fully saturated rings. The normalized spacial score (nSPS) is 13.9. The topological polar surface area (TPSA) is 52.3 Å². The van der Waals surface area contributed by atoms with Gasteiger partial charge in [-0.15, -0.1) is 0 Å². The van der Waals surface area contributed by atoms with E-state index in [4.69, 9.17) is 5.73 Å². The first-order chi connectivity index (χ1) is 9.08. The van der Waals surface area contributed by atoms with Gasteiger partial charge >= 0.3 is 5.97 Å². The molecule has 1 aromatic carbocycles. The third-order valence-corrected chi connectivity index (χ3v) is 4.29. The molecule has 2 N–H and O–H groups in total. The zero-order chi connectivity index (χ0) is 14.3. The van der Waals surface area contributed by atoms with Crippen LogP contribution in [0.4, 0.5) is 4.39 Å². The largest absolute Gasteiger partial charge is 0.469 e. The van der Waals surface area contributed by atoms with Gasteiger partial charge in [-0.1, -0.05) is 19.1 Å². The summed E-state index contributed by atoms with van der Waals surface area (Å²) in [7, 11) is 1.37. The Balaban J connectivity index is 2.70. The number of methoxy groups -OCH3 is 1. The van der Waals surface area contributed by atoms with Crippen LogP contribution in [0, 0.1) is 5.82 Å². The van der Waals surface area contributed by atoms with Gasteiger partial charge in [-0.2, -0.15) is 11.8 Å². The predicted molar refractivity (Wildman–Crippen MR) is 76.5 cm³/mol. The average molecular weight is 285 g/mol. The van der Waals surface area contributed by atoms with Crippen molar-refractivity contribution in [2.75, 3.05) is 12.9 Å². The van der Waals surface area contributed by atoms with Gasteiger partial charge in [-0.25, -0.2) is 4.39 Å². The summed E-state index contributed by atoms with van der Waals surface area (Å²) in [6.07, 6.45) is 1.13. The number of benzene rings is 1. The van der Waals surface area contributed by atoms with Crippen LogP contribution in [0.2, 0.25) is 0 Å². The standard InChI is InChI=1S/C14H20FNO2S/c1-3-12(16)14(19-8-7-13(17)18-2)10-5-4-6-11(15)9-10/h4-6,9,12,14H,3,7-8,16H2,1-2H3. The van der Waals surface area contributed by atoms with Gasteiger partial charge in [0.05, 0.1) is 13.5 Å². The predicted octanol–water partition coefficient (Wildman–Crippen LogP) is 2.90. The molecule has 0 saturated heterocycles. The van der Waals surface area contributed by atoms with E-state index in [1.165, 1.54) is 19.2 Å². The molecule has 0 aliphatic carbocycles. The van der Waals surface area contributed by atoms with Crippen molar-refractivity contribution in [1.82, 2.24) is 0 Å². The summed E-state index contributed by atoms with van der Waals surface area (Å²) in [6.45, 7) is 2.00. The number of rotatable bonds is 7. The molecule has 2 atom stereocenters. The SMILES string of the molecule is CCC(N)C(SCCC(=O)OC)c1cccc(F)c1. The maximum absolute atomic E-state index is 13.3. The Labute approximate surface area is 117 Å². The quantitative estimate of drug-likeness (QED) is 0.783. The number of hydrogen-bond acceptors (Lipinski definition) is 4. The number of carbonyl (C=O) groups excluding carboxylic acids is 1. The number of esters is 1. The minimum absolute atomic E-state index is 0.00893. The molecule has 0 bridgehead atoms. The molecule has 1 aromatic rings. The summed E-state index contributed by atoms with van der Waals surface area (Å²) in [5.74, 6) is 0.108. The van der Waals surface area contributed by atoms with Gasteiger partial charge < -0.3 is 10.5 Å². The highest BCUT2D eigenvalue weighted by Crippen LogP contribution is 2.33. The number of hydrogen-bond donors (Lipinski definition) is 1. The highest BCUT2D eigenvalue weighted by atomic mass is 32.2. The monoisotopic (exact) mass is 285 g/mol. The lowest BCUT2D eigenvalue weighted by Gasteiger charge is -2.22. The molecule has 0 aromatic heterocycles. The van der Waals surface area contributed by atoms with Crippen molar-refractivity contribution >= 4 is 17.7 Å². The molecule has 0 spiro atoms. The molecule has 19 heavy (non-hydrogen) atoms. The van der Waals surface area contributed by atoms with Gasteiger partial charge in [0.2, 0.25) is 0 Å². The van der Waals surface area contributed by atoms with Crippen molar-refractivity contribution in [3.63, 3.8) is 0 Å². The van der Waals surface area contributed by atoms with Crippen molar-refractivity contribution in [3.8, 4) is 0 Å². The highest BCUT2D eigenvalue weighted by molar-refractivity contribution is 7.99. The highest BCUT2D eigenvalue weighted by Gasteiger charge is 2.19. The van der Waals surface area contributed by atoms with Gasteiger partial charge in [0, 0.05) is 17.0 Å². The Bertz CT molecular complexity index is 414. The van der Waals surface area contributed by atoms with Crippen molar-refractivity contribution in [3.05, 3.63) is 35.6 Å². The number of halogens is 1. The van der Waals surface area contributed by atoms with Crippen LogP contribution in [0.25, 0.3) is 0 Å². The Kier molecular flexibility index (Phi) is 6.87. The second-order valence-corrected chi connectivity index (χ2v) is 5.49. The first kappa shape index (κ1) is 16.0. The minimum atomic E-state index is -0.264. The lowest BCUT2D eigenvalue weighted by Crippen LogP contribution is -2.26. The molecule has 0 saturated carbocycles. The fourth-order valence-corrected chi connectivity index (χ4v) is 3.05. The van der Waals surface area contributed by atoms with Gasteiger partial charge in [0.15, 0.2) is 0 Å². The Morgan fingerprint density at radius 2 is 2.26 bits per heavy atom. The molecular formula is C14H20FNO2S. The molecule has 0 aliphatic rings. The van der Waals surface area contributed by atoms with E-state index >= 15 is 0 Å². The zero-order valence-corrected chi connectivity index (χ0v) is 12.1. The van der Waals surface area contributed by atoms with E-state index in [0.29, 0.717) is 12.2 Å². The van der Waals surface area contributed by atoms with Gasteiger partial charge in [-0.05, 0) is 24.1 Å². The molecule has 3 nitrogen and oxygen atoms in total. The summed E-state index contributed by atoms with van der Waals surface area (Å²) < 4.78 is 17.9. The molecule has 0 heterocycles. The first-order valence-electron chi connectivity index (χ1n) is 6.28. The van der Waals surface area contributed by atoms with Crippen LogP contribution in [-0.2, 0) is 9.53 Å². The van der Waals surface area contributed by atoms with Crippen LogP contribution >= 0.6 is 11.8 Å². The van der Waals surface area contributed by atoms with Crippen molar-refractivity contribution < 1.29 is 13.9 Å². The fraction of sp³-hybridized carbons (Fsp3) is 0.500. The Morgan fingerprint density at radius 3 is 2.84 bits per heavy atom. The molecule has 5 heteroatoms. The second kappa shape index (κ2) is 8.17. The van der Waals surface area contributed by atoms with E-state index in [2.05, 4.69) is 4.74 Å². The molecule has 2 unspecified atom stereocenters. The molecular weight excluding hydrogens is 265 g/mol. The zero-order valence-electron chi connectivity index (χ0n) is 11.3. The first-order valence-corrected chi connectivity index (χ1v) is 7.32. The van der Waals surface area contributed by atoms with Crippen LogP contribution in [0.1, 0.15) is 30.6 Å². The smallest absolute Gasteiger partial charge is 0.306 e. The molecule has 0 amide bonds. The second-order valence-electron chi connectivity index (χ2n) is 4.24. The maximum Gasteiger partial charge on any atom is 0.306 e. The number of nitrogens with two attached hydrogens (primary N) is 1. The number of thioether (sulfide) groups is 1. The van der Waals surface area contributed by atoms with E-state index in [1.54, 1.807) is 17.8 Å². The van der Waals surface area contributed by atoms with Gasteiger partial charge in [0.1, 0.15) is 5.82 Å². The average Bonchev–Trinajstić information content (AvgIpc) is 2.42. The van der Waals surface area contributed by atoms with Crippen LogP contribution < -0.4 is 5.73 Å². The molecule has 1 rings (SSSR count). The lowest BCUT2D eigenvalue weighted by molar-refractivity contribution is -0.140. The van der Waals surface area contributed by atoms with Crippen LogP contribution in [0.15, 0.2) is 24.3 Å². The van der Waals surface area contributed by atoms with Crippen molar-refractivity contribution in [2.45, 2.75) is 31.1 Å². The molecule has 0 aliphatic heterocycles. The van der Waals surface area contributed by atoms with E-state index < -0.39 is 0 Å². The van der Waals surface area contributed by atoms with Crippen LogP contribution in [-0.4, -0.2) is 24.9 Å². The number of carbonyl (C=O) groups is 1. The molecule has 0 radical (unpaired) electrons. The summed E-state index contributed by atoms with van der Waals surface area (Å²) in [5, 5.41) is -0.00893. The number of ether oxygens (including phenoxy) is 1. The van der Waals surface area contributed by atoms with Crippen molar-refractivity contribution in [2.24, 2.45) is 5.73 Å². The summed E-state index contributed by atoms with van der Waals surface area (Å²) in [6, 6.07) is 6.40. The third-order valence-electron chi connectivity index (χ3n) is 2.87. The lowest BCUT2D eigenvalue weighted by atomic mass is 10.0. The van der Waals surface area contributed by atoms with E-state index in [0.717, 1.165) is 12.0 Å². The van der Waals surface area contributed by atoms with Gasteiger partial charge in [0.25, 0.3) is 0 Å². The van der Waals surface area contributed by atoms with Gasteiger partial charge in [-0.3, -0.25) is 4.79 Å². The van der Waals surface area contributed by atoms with Crippen LogP contribution in [0.5, 0.6) is 0 Å². The molecule has 106 valence electrons. The Morgan fingerprint density at radius 1 is 1.53 bits per heavy atom. The van der Waals surface area contributed by atoms with Crippen molar-refractivity contribution in [1.29, 1.82) is 0 Å².